The predicted molar refractivity (Wildman–Crippen MR) is 80.2 cm³/mol. The number of rotatable bonds is 3. The predicted octanol–water partition coefficient (Wildman–Crippen LogP) is 1.48. The van der Waals surface area contributed by atoms with E-state index in [1.807, 2.05) is 24.3 Å². The quantitative estimate of drug-likeness (QED) is 0.582. The molecule has 0 amide bonds. The Morgan fingerprint density at radius 1 is 1.45 bits per heavy atom. The molecule has 5 nitrogen and oxygen atoms in total. The van der Waals surface area contributed by atoms with E-state index in [0.29, 0.717) is 5.56 Å². The lowest BCUT2D eigenvalue weighted by atomic mass is 10.1. The number of benzene rings is 1. The number of aliphatic hydroxyl groups is 1. The van der Waals surface area contributed by atoms with Crippen LogP contribution >= 0.6 is 0 Å². The Labute approximate surface area is 117 Å². The molecular formula is C15H18N4O. The van der Waals surface area contributed by atoms with E-state index < -0.39 is 0 Å². The SMILES string of the molecule is N=C(N)c1cnc2ccccc2c1N1CCCC1CO. The van der Waals surface area contributed by atoms with Gasteiger partial charge in [0.1, 0.15) is 5.84 Å². The van der Waals surface area contributed by atoms with E-state index in [0.717, 1.165) is 36.0 Å². The van der Waals surface area contributed by atoms with Crippen LogP contribution in [0, 0.1) is 5.41 Å². The van der Waals surface area contributed by atoms with Crippen LogP contribution in [-0.2, 0) is 0 Å². The lowest BCUT2D eigenvalue weighted by molar-refractivity contribution is 0.266. The fourth-order valence-corrected chi connectivity index (χ4v) is 2.95. The number of nitrogen functional groups attached to an aromatic ring is 1. The zero-order valence-corrected chi connectivity index (χ0v) is 11.2. The number of nitrogens with zero attached hydrogens (tertiary/aromatic N) is 2. The minimum absolute atomic E-state index is 0.0156. The maximum atomic E-state index is 9.56. The molecule has 1 aliphatic heterocycles. The topological polar surface area (TPSA) is 86.2 Å². The average Bonchev–Trinajstić information content (AvgIpc) is 2.93. The van der Waals surface area contributed by atoms with Crippen molar-refractivity contribution in [2.24, 2.45) is 5.73 Å². The molecule has 5 heteroatoms. The molecule has 0 spiro atoms. The molecule has 1 saturated heterocycles. The van der Waals surface area contributed by atoms with E-state index in [1.54, 1.807) is 6.20 Å². The van der Waals surface area contributed by atoms with Crippen molar-refractivity contribution in [2.75, 3.05) is 18.1 Å². The fraction of sp³-hybridized carbons (Fsp3) is 0.333. The first-order valence-electron chi connectivity index (χ1n) is 6.82. The molecule has 0 saturated carbocycles. The van der Waals surface area contributed by atoms with E-state index in [9.17, 15) is 5.11 Å². The van der Waals surface area contributed by atoms with Crippen LogP contribution in [0.25, 0.3) is 10.9 Å². The molecule has 2 heterocycles. The highest BCUT2D eigenvalue weighted by Gasteiger charge is 2.28. The minimum atomic E-state index is 0.0156. The molecule has 0 radical (unpaired) electrons. The number of hydrogen-bond acceptors (Lipinski definition) is 4. The van der Waals surface area contributed by atoms with Gasteiger partial charge in [-0.2, -0.15) is 0 Å². The lowest BCUT2D eigenvalue weighted by Crippen LogP contribution is -2.34. The zero-order valence-electron chi connectivity index (χ0n) is 11.2. The molecule has 1 unspecified atom stereocenters. The van der Waals surface area contributed by atoms with Gasteiger partial charge >= 0.3 is 0 Å². The summed E-state index contributed by atoms with van der Waals surface area (Å²) in [5.74, 6) is 0.0156. The number of fused-ring (bicyclic) bond motifs is 1. The number of pyridine rings is 1. The summed E-state index contributed by atoms with van der Waals surface area (Å²) in [7, 11) is 0. The molecule has 0 bridgehead atoms. The molecular weight excluding hydrogens is 252 g/mol. The van der Waals surface area contributed by atoms with Crippen molar-refractivity contribution in [3.63, 3.8) is 0 Å². The van der Waals surface area contributed by atoms with Crippen molar-refractivity contribution in [2.45, 2.75) is 18.9 Å². The molecule has 4 N–H and O–H groups in total. The van der Waals surface area contributed by atoms with Gasteiger partial charge in [0.05, 0.1) is 29.4 Å². The Hall–Kier alpha value is -2.14. The third-order valence-corrected chi connectivity index (χ3v) is 3.91. The monoisotopic (exact) mass is 270 g/mol. The van der Waals surface area contributed by atoms with Crippen molar-refractivity contribution in [1.29, 1.82) is 5.41 Å². The first kappa shape index (κ1) is 12.9. The van der Waals surface area contributed by atoms with Crippen molar-refractivity contribution >= 4 is 22.4 Å². The Kier molecular flexibility index (Phi) is 3.28. The van der Waals surface area contributed by atoms with Crippen molar-refractivity contribution in [1.82, 2.24) is 4.98 Å². The average molecular weight is 270 g/mol. The summed E-state index contributed by atoms with van der Waals surface area (Å²) >= 11 is 0. The molecule has 20 heavy (non-hydrogen) atoms. The number of amidine groups is 1. The Bertz CT molecular complexity index is 655. The fourth-order valence-electron chi connectivity index (χ4n) is 2.95. The third-order valence-electron chi connectivity index (χ3n) is 3.91. The summed E-state index contributed by atoms with van der Waals surface area (Å²) in [6.07, 6.45) is 3.66. The molecule has 104 valence electrons. The maximum Gasteiger partial charge on any atom is 0.126 e. The minimum Gasteiger partial charge on any atom is -0.394 e. The molecule has 1 fully saturated rings. The Morgan fingerprint density at radius 2 is 2.25 bits per heavy atom. The van der Waals surface area contributed by atoms with Crippen LogP contribution in [0.15, 0.2) is 30.5 Å². The van der Waals surface area contributed by atoms with Gasteiger partial charge in [0.15, 0.2) is 0 Å². The summed E-state index contributed by atoms with van der Waals surface area (Å²) in [4.78, 5) is 6.54. The molecule has 1 aliphatic rings. The van der Waals surface area contributed by atoms with Gasteiger partial charge in [-0.3, -0.25) is 10.4 Å². The summed E-state index contributed by atoms with van der Waals surface area (Å²) in [6, 6.07) is 7.95. The molecule has 0 aliphatic carbocycles. The van der Waals surface area contributed by atoms with Crippen LogP contribution in [0.2, 0.25) is 0 Å². The Morgan fingerprint density at radius 3 is 3.00 bits per heavy atom. The van der Waals surface area contributed by atoms with Gasteiger partial charge in [-0.15, -0.1) is 0 Å². The standard InChI is InChI=1S/C15H18N4O/c16-15(17)12-8-18-13-6-2-1-5-11(13)14(12)19-7-3-4-10(19)9-20/h1-2,5-6,8,10,20H,3-4,7,9H2,(H3,16,17). The van der Waals surface area contributed by atoms with E-state index in [4.69, 9.17) is 11.1 Å². The van der Waals surface area contributed by atoms with Crippen LogP contribution in [-0.4, -0.2) is 35.1 Å². The number of nitrogens with two attached hydrogens (primary N) is 1. The van der Waals surface area contributed by atoms with Gasteiger partial charge in [-0.05, 0) is 18.9 Å². The van der Waals surface area contributed by atoms with Gasteiger partial charge < -0.3 is 15.7 Å². The van der Waals surface area contributed by atoms with Gasteiger partial charge in [0, 0.05) is 18.1 Å². The van der Waals surface area contributed by atoms with Crippen molar-refractivity contribution < 1.29 is 5.11 Å². The molecule has 1 atom stereocenters. The van der Waals surface area contributed by atoms with Crippen LogP contribution in [0.3, 0.4) is 0 Å². The first-order chi connectivity index (χ1) is 9.72. The molecule has 1 aromatic carbocycles. The summed E-state index contributed by atoms with van der Waals surface area (Å²) < 4.78 is 0. The van der Waals surface area contributed by atoms with E-state index >= 15 is 0 Å². The number of aliphatic hydroxyl groups excluding tert-OH is 1. The summed E-state index contributed by atoms with van der Waals surface area (Å²) in [5.41, 5.74) is 8.17. The number of nitrogens with one attached hydrogen (secondary N) is 1. The molecule has 2 aromatic rings. The van der Waals surface area contributed by atoms with Gasteiger partial charge in [0.25, 0.3) is 0 Å². The van der Waals surface area contributed by atoms with Crippen LogP contribution in [0.1, 0.15) is 18.4 Å². The second-order valence-electron chi connectivity index (χ2n) is 5.12. The van der Waals surface area contributed by atoms with Crippen LogP contribution < -0.4 is 10.6 Å². The van der Waals surface area contributed by atoms with Gasteiger partial charge in [0.2, 0.25) is 0 Å². The van der Waals surface area contributed by atoms with Crippen LogP contribution in [0.4, 0.5) is 5.69 Å². The second-order valence-corrected chi connectivity index (χ2v) is 5.12. The highest BCUT2D eigenvalue weighted by Crippen LogP contribution is 2.34. The van der Waals surface area contributed by atoms with Crippen molar-refractivity contribution in [3.05, 3.63) is 36.0 Å². The number of aromatic nitrogens is 1. The highest BCUT2D eigenvalue weighted by molar-refractivity contribution is 6.07. The normalized spacial score (nSPS) is 18.6. The number of anilines is 1. The summed E-state index contributed by atoms with van der Waals surface area (Å²) in [6.45, 7) is 0.994. The van der Waals surface area contributed by atoms with Gasteiger partial charge in [-0.25, -0.2) is 0 Å². The lowest BCUT2D eigenvalue weighted by Gasteiger charge is -2.28. The largest absolute Gasteiger partial charge is 0.394 e. The van der Waals surface area contributed by atoms with E-state index in [2.05, 4.69) is 9.88 Å². The van der Waals surface area contributed by atoms with Gasteiger partial charge in [-0.1, -0.05) is 18.2 Å². The summed E-state index contributed by atoms with van der Waals surface area (Å²) in [5, 5.41) is 18.3. The zero-order chi connectivity index (χ0) is 14.1. The smallest absolute Gasteiger partial charge is 0.126 e. The van der Waals surface area contributed by atoms with Crippen molar-refractivity contribution in [3.8, 4) is 0 Å². The molecule has 1 aromatic heterocycles. The first-order valence-corrected chi connectivity index (χ1v) is 6.82. The molecule has 3 rings (SSSR count). The van der Waals surface area contributed by atoms with Crippen LogP contribution in [0.5, 0.6) is 0 Å². The maximum absolute atomic E-state index is 9.56. The number of hydrogen-bond donors (Lipinski definition) is 3. The Balaban J connectivity index is 2.24. The second kappa shape index (κ2) is 5.09. The van der Waals surface area contributed by atoms with E-state index in [-0.39, 0.29) is 18.5 Å². The number of para-hydroxylation sites is 1. The highest BCUT2D eigenvalue weighted by atomic mass is 16.3. The third kappa shape index (κ3) is 2.00. The van der Waals surface area contributed by atoms with E-state index in [1.165, 1.54) is 0 Å².